The van der Waals surface area contributed by atoms with Crippen LogP contribution in [-0.2, 0) is 4.79 Å². The van der Waals surface area contributed by atoms with Crippen LogP contribution in [0.4, 0.5) is 19.3 Å². The minimum Gasteiger partial charge on any atom is -0.510 e. The maximum atomic E-state index is 13.9. The summed E-state index contributed by atoms with van der Waals surface area (Å²) in [6, 6.07) is 4.10. The van der Waals surface area contributed by atoms with Gasteiger partial charge in [-0.2, -0.15) is 0 Å². The highest BCUT2D eigenvalue weighted by molar-refractivity contribution is 6.01. The first-order chi connectivity index (χ1) is 11.5. The van der Waals surface area contributed by atoms with E-state index in [0.29, 0.717) is 18.5 Å². The smallest absolute Gasteiger partial charge is 0.364 e. The van der Waals surface area contributed by atoms with Crippen LogP contribution in [0.2, 0.25) is 0 Å². The fourth-order valence-corrected chi connectivity index (χ4v) is 3.14. The number of rotatable bonds is 2. The van der Waals surface area contributed by atoms with Crippen molar-refractivity contribution in [1.82, 2.24) is 0 Å². The molecule has 0 radical (unpaired) electrons. The van der Waals surface area contributed by atoms with E-state index in [2.05, 4.69) is 15.5 Å². The van der Waals surface area contributed by atoms with Gasteiger partial charge in [0.1, 0.15) is 17.7 Å². The fourth-order valence-electron chi connectivity index (χ4n) is 3.14. The first kappa shape index (κ1) is 16.2. The van der Waals surface area contributed by atoms with Gasteiger partial charge in [-0.15, -0.1) is 5.11 Å². The van der Waals surface area contributed by atoms with E-state index in [9.17, 15) is 23.5 Å². The summed E-state index contributed by atoms with van der Waals surface area (Å²) >= 11 is 0. The molecule has 126 valence electrons. The number of carbonyl (C=O) groups is 2. The van der Waals surface area contributed by atoms with Crippen LogP contribution < -0.4 is 5.32 Å². The molecule has 2 aliphatic carbocycles. The fraction of sp³-hybridized carbons (Fsp3) is 0.375. The van der Waals surface area contributed by atoms with Gasteiger partial charge in [-0.05, 0) is 43.5 Å². The van der Waals surface area contributed by atoms with Gasteiger partial charge in [-0.25, -0.2) is 13.6 Å². The number of hydrogen-bond donors (Lipinski definition) is 2. The third kappa shape index (κ3) is 3.04. The van der Waals surface area contributed by atoms with Crippen molar-refractivity contribution in [2.45, 2.75) is 25.4 Å². The maximum absolute atomic E-state index is 13.9. The van der Waals surface area contributed by atoms with E-state index in [1.807, 2.05) is 0 Å². The van der Waals surface area contributed by atoms with E-state index >= 15 is 0 Å². The van der Waals surface area contributed by atoms with Crippen LogP contribution in [0.3, 0.4) is 0 Å². The minimum absolute atomic E-state index is 0.273. The van der Waals surface area contributed by atoms with Crippen molar-refractivity contribution in [2.24, 2.45) is 22.1 Å². The summed E-state index contributed by atoms with van der Waals surface area (Å²) in [4.78, 5) is 23.9. The number of carbonyl (C=O) groups excluding carboxylic acids is 2. The third-order valence-corrected chi connectivity index (χ3v) is 4.28. The predicted octanol–water partition coefficient (Wildman–Crippen LogP) is 3.92. The molecule has 0 heterocycles. The molecule has 1 aromatic rings. The molecule has 0 bridgehead atoms. The molecule has 2 amide bonds. The second kappa shape index (κ2) is 6.46. The van der Waals surface area contributed by atoms with Gasteiger partial charge < -0.3 is 10.4 Å². The molecule has 1 aromatic carbocycles. The summed E-state index contributed by atoms with van der Waals surface area (Å²) in [7, 11) is 0. The lowest BCUT2D eigenvalue weighted by atomic mass is 9.79. The van der Waals surface area contributed by atoms with Gasteiger partial charge in [0, 0.05) is 11.6 Å². The number of aliphatic hydroxyl groups is 1. The van der Waals surface area contributed by atoms with Gasteiger partial charge in [0.15, 0.2) is 11.5 Å². The van der Waals surface area contributed by atoms with E-state index in [1.165, 1.54) is 12.1 Å². The molecule has 0 aliphatic heterocycles. The highest BCUT2D eigenvalue weighted by Crippen LogP contribution is 2.44. The molecule has 3 rings (SSSR count). The average molecular weight is 335 g/mol. The number of halogens is 2. The summed E-state index contributed by atoms with van der Waals surface area (Å²) in [6.07, 6.45) is 0.0352. The van der Waals surface area contributed by atoms with Crippen molar-refractivity contribution in [1.29, 1.82) is 0 Å². The molecular weight excluding hydrogens is 320 g/mol. The van der Waals surface area contributed by atoms with Gasteiger partial charge in [0.2, 0.25) is 0 Å². The molecule has 2 N–H and O–H groups in total. The number of allylic oxidation sites excluding steroid dienone is 2. The molecule has 3 atom stereocenters. The standard InChI is InChI=1S/C16H15F2N3O3/c17-8-4-6-9(7-5-8)19-16(24)21-20-13-14(22)10-2-1-3-11(18)12(10)15(13)23/h4-7,10-12,22H,1-3H2,(H,19,24). The van der Waals surface area contributed by atoms with Crippen LogP contribution in [0.25, 0.3) is 0 Å². The van der Waals surface area contributed by atoms with E-state index in [0.717, 1.165) is 12.1 Å². The number of amides is 2. The highest BCUT2D eigenvalue weighted by Gasteiger charge is 2.48. The van der Waals surface area contributed by atoms with Crippen molar-refractivity contribution in [3.63, 3.8) is 0 Å². The van der Waals surface area contributed by atoms with Gasteiger partial charge in [-0.3, -0.25) is 4.79 Å². The summed E-state index contributed by atoms with van der Waals surface area (Å²) < 4.78 is 26.7. The number of anilines is 1. The van der Waals surface area contributed by atoms with Crippen LogP contribution in [0, 0.1) is 17.7 Å². The van der Waals surface area contributed by atoms with Gasteiger partial charge in [-0.1, -0.05) is 5.11 Å². The monoisotopic (exact) mass is 335 g/mol. The largest absolute Gasteiger partial charge is 0.510 e. The molecule has 8 heteroatoms. The first-order valence-electron chi connectivity index (χ1n) is 7.57. The van der Waals surface area contributed by atoms with E-state index in [1.54, 1.807) is 0 Å². The van der Waals surface area contributed by atoms with Crippen molar-refractivity contribution in [2.75, 3.05) is 5.32 Å². The van der Waals surface area contributed by atoms with E-state index < -0.39 is 35.6 Å². The summed E-state index contributed by atoms with van der Waals surface area (Å²) in [5.74, 6) is -2.90. The van der Waals surface area contributed by atoms with Crippen molar-refractivity contribution in [3.8, 4) is 0 Å². The third-order valence-electron chi connectivity index (χ3n) is 4.28. The molecule has 0 aromatic heterocycles. The normalized spacial score (nSPS) is 26.8. The number of Topliss-reactive ketones (excluding diaryl/α,β-unsaturated/α-hetero) is 1. The second-order valence-electron chi connectivity index (χ2n) is 5.81. The number of nitrogens with one attached hydrogen (secondary N) is 1. The van der Waals surface area contributed by atoms with Gasteiger partial charge in [0.05, 0.1) is 5.92 Å². The zero-order valence-corrected chi connectivity index (χ0v) is 12.6. The molecule has 3 unspecified atom stereocenters. The second-order valence-corrected chi connectivity index (χ2v) is 5.81. The Bertz CT molecular complexity index is 731. The number of fused-ring (bicyclic) bond motifs is 1. The van der Waals surface area contributed by atoms with Crippen LogP contribution >= 0.6 is 0 Å². The van der Waals surface area contributed by atoms with E-state index in [-0.39, 0.29) is 17.9 Å². The minimum atomic E-state index is -1.32. The lowest BCUT2D eigenvalue weighted by Gasteiger charge is -2.27. The van der Waals surface area contributed by atoms with Crippen LogP contribution in [0.5, 0.6) is 0 Å². The number of alkyl halides is 1. The quantitative estimate of drug-likeness (QED) is 0.803. The van der Waals surface area contributed by atoms with Gasteiger partial charge >= 0.3 is 6.03 Å². The SMILES string of the molecule is O=C(N=NC1=C(O)C2CCCC(F)C2C1=O)Nc1ccc(F)cc1. The Morgan fingerprint density at radius 2 is 1.96 bits per heavy atom. The Kier molecular flexibility index (Phi) is 4.37. The number of aliphatic hydroxyl groups excluding tert-OH is 1. The molecular formula is C16H15F2N3O3. The average Bonchev–Trinajstić information content (AvgIpc) is 2.80. The Morgan fingerprint density at radius 3 is 2.62 bits per heavy atom. The lowest BCUT2D eigenvalue weighted by Crippen LogP contribution is -2.32. The number of ketones is 1. The molecule has 6 nitrogen and oxygen atoms in total. The van der Waals surface area contributed by atoms with Crippen LogP contribution in [0.15, 0.2) is 46.0 Å². The zero-order valence-electron chi connectivity index (χ0n) is 12.6. The molecule has 0 saturated heterocycles. The molecule has 24 heavy (non-hydrogen) atoms. The Labute approximate surface area is 136 Å². The molecule has 2 aliphatic rings. The number of benzene rings is 1. The maximum Gasteiger partial charge on any atom is 0.364 e. The molecule has 0 spiro atoms. The summed E-state index contributed by atoms with van der Waals surface area (Å²) in [6.45, 7) is 0. The van der Waals surface area contributed by atoms with Crippen LogP contribution in [-0.4, -0.2) is 23.1 Å². The van der Waals surface area contributed by atoms with Crippen molar-refractivity contribution in [3.05, 3.63) is 41.5 Å². The summed E-state index contributed by atoms with van der Waals surface area (Å²) in [5, 5.41) is 19.2. The number of nitrogens with zero attached hydrogens (tertiary/aromatic N) is 2. The Morgan fingerprint density at radius 1 is 1.25 bits per heavy atom. The summed E-state index contributed by atoms with van der Waals surface area (Å²) in [5.41, 5.74) is -0.0578. The lowest BCUT2D eigenvalue weighted by molar-refractivity contribution is -0.122. The Hall–Kier alpha value is -2.64. The van der Waals surface area contributed by atoms with Crippen molar-refractivity contribution < 1.29 is 23.5 Å². The number of azo groups is 1. The van der Waals surface area contributed by atoms with Crippen LogP contribution in [0.1, 0.15) is 19.3 Å². The highest BCUT2D eigenvalue weighted by atomic mass is 19.1. The topological polar surface area (TPSA) is 91.1 Å². The first-order valence-corrected chi connectivity index (χ1v) is 7.57. The molecule has 1 saturated carbocycles. The number of hydrogen-bond acceptors (Lipinski definition) is 4. The molecule has 1 fully saturated rings. The zero-order chi connectivity index (χ0) is 17.3. The predicted molar refractivity (Wildman–Crippen MR) is 80.7 cm³/mol. The van der Waals surface area contributed by atoms with E-state index in [4.69, 9.17) is 0 Å². The van der Waals surface area contributed by atoms with Crippen molar-refractivity contribution >= 4 is 17.5 Å². The Balaban J connectivity index is 1.71. The van der Waals surface area contributed by atoms with Gasteiger partial charge in [0.25, 0.3) is 0 Å². The number of urea groups is 1.